The zero-order valence-corrected chi connectivity index (χ0v) is 13.0. The van der Waals surface area contributed by atoms with Gasteiger partial charge in [0.1, 0.15) is 5.82 Å². The molecule has 6 nitrogen and oxygen atoms in total. The molecule has 0 aliphatic heterocycles. The number of nitrogens with one attached hydrogen (secondary N) is 2. The van der Waals surface area contributed by atoms with Gasteiger partial charge >= 0.3 is 0 Å². The van der Waals surface area contributed by atoms with Gasteiger partial charge in [0.15, 0.2) is 0 Å². The minimum Gasteiger partial charge on any atom is -0.311 e. The Morgan fingerprint density at radius 1 is 1.04 bits per heavy atom. The van der Waals surface area contributed by atoms with Crippen LogP contribution in [0.15, 0.2) is 42.5 Å². The minimum atomic E-state index is -0.211. The van der Waals surface area contributed by atoms with E-state index in [9.17, 15) is 9.59 Å². The molecule has 0 saturated heterocycles. The third-order valence-corrected chi connectivity index (χ3v) is 3.33. The first-order valence-corrected chi connectivity index (χ1v) is 7.37. The number of hydrogen-bond acceptors (Lipinski definition) is 4. The van der Waals surface area contributed by atoms with Crippen LogP contribution >= 0.6 is 0 Å². The van der Waals surface area contributed by atoms with E-state index < -0.39 is 0 Å². The molecule has 0 radical (unpaired) electrons. The maximum absolute atomic E-state index is 11.2. The molecule has 0 bridgehead atoms. The van der Waals surface area contributed by atoms with Crippen molar-refractivity contribution >= 4 is 17.6 Å². The second kappa shape index (κ2) is 8.05. The third-order valence-electron chi connectivity index (χ3n) is 3.33. The zero-order valence-electron chi connectivity index (χ0n) is 13.0. The van der Waals surface area contributed by atoms with Gasteiger partial charge in [-0.1, -0.05) is 30.3 Å². The highest BCUT2D eigenvalue weighted by molar-refractivity contribution is 5.87. The molecule has 0 unspecified atom stereocenters. The van der Waals surface area contributed by atoms with Gasteiger partial charge in [0.2, 0.25) is 11.8 Å². The number of hydrazine groups is 1. The number of pyridine rings is 1. The quantitative estimate of drug-likeness (QED) is 0.426. The summed E-state index contributed by atoms with van der Waals surface area (Å²) in [6, 6.07) is 13.4. The van der Waals surface area contributed by atoms with Crippen molar-refractivity contribution < 1.29 is 9.59 Å². The van der Waals surface area contributed by atoms with E-state index in [2.05, 4.69) is 15.7 Å². The number of nitrogens with two attached hydrogens (primary N) is 1. The van der Waals surface area contributed by atoms with E-state index >= 15 is 0 Å². The van der Waals surface area contributed by atoms with Crippen LogP contribution in [0.5, 0.6) is 0 Å². The smallest absolute Gasteiger partial charge is 0.238 e. The average molecular weight is 312 g/mol. The molecule has 6 heteroatoms. The van der Waals surface area contributed by atoms with Gasteiger partial charge in [-0.2, -0.15) is 0 Å². The second-order valence-electron chi connectivity index (χ2n) is 5.26. The predicted octanol–water partition coefficient (Wildman–Crippen LogP) is 1.36. The van der Waals surface area contributed by atoms with Gasteiger partial charge in [-0.05, 0) is 36.1 Å². The molecule has 1 aromatic heterocycles. The van der Waals surface area contributed by atoms with Crippen LogP contribution in [-0.2, 0) is 28.9 Å². The fraction of sp³-hybridized carbons (Fsp3) is 0.235. The van der Waals surface area contributed by atoms with Crippen molar-refractivity contribution in [2.24, 2.45) is 5.84 Å². The lowest BCUT2D eigenvalue weighted by molar-refractivity contribution is -0.120. The summed E-state index contributed by atoms with van der Waals surface area (Å²) in [5.41, 5.74) is 5.12. The summed E-state index contributed by atoms with van der Waals surface area (Å²) in [5.74, 6) is 5.30. The third kappa shape index (κ3) is 5.52. The molecular formula is C17H20N4O2. The van der Waals surface area contributed by atoms with Gasteiger partial charge in [-0.3, -0.25) is 15.0 Å². The molecule has 0 fully saturated rings. The normalized spacial score (nSPS) is 10.2. The fourth-order valence-corrected chi connectivity index (χ4v) is 2.20. The summed E-state index contributed by atoms with van der Waals surface area (Å²) in [6.07, 6.45) is 1.88. The van der Waals surface area contributed by atoms with Gasteiger partial charge in [0, 0.05) is 12.6 Å². The molecule has 1 aromatic carbocycles. The number of nitrogens with zero attached hydrogens (tertiary/aromatic N) is 1. The fourth-order valence-electron chi connectivity index (χ4n) is 2.20. The number of carbonyl (C=O) groups is 2. The van der Waals surface area contributed by atoms with Crippen molar-refractivity contribution in [1.82, 2.24) is 10.4 Å². The van der Waals surface area contributed by atoms with Crippen molar-refractivity contribution in [1.29, 1.82) is 0 Å². The van der Waals surface area contributed by atoms with Crippen LogP contribution in [0.4, 0.5) is 5.82 Å². The lowest BCUT2D eigenvalue weighted by Crippen LogP contribution is -2.31. The summed E-state index contributed by atoms with van der Waals surface area (Å²) in [7, 11) is 0. The molecule has 0 atom stereocenters. The van der Waals surface area contributed by atoms with Gasteiger partial charge in [0.25, 0.3) is 0 Å². The Morgan fingerprint density at radius 3 is 2.39 bits per heavy atom. The Hall–Kier alpha value is -2.73. The number of amides is 2. The van der Waals surface area contributed by atoms with E-state index in [-0.39, 0.29) is 18.2 Å². The van der Waals surface area contributed by atoms with Crippen LogP contribution < -0.4 is 16.6 Å². The van der Waals surface area contributed by atoms with Crippen molar-refractivity contribution in [2.45, 2.75) is 26.2 Å². The Morgan fingerprint density at radius 2 is 1.74 bits per heavy atom. The first-order chi connectivity index (χ1) is 11.1. The second-order valence-corrected chi connectivity index (χ2v) is 5.26. The molecule has 0 aliphatic rings. The van der Waals surface area contributed by atoms with Crippen molar-refractivity contribution in [2.75, 3.05) is 5.32 Å². The summed E-state index contributed by atoms with van der Waals surface area (Å²) in [6.45, 7) is 1.46. The Balaban J connectivity index is 1.93. The molecule has 23 heavy (non-hydrogen) atoms. The van der Waals surface area contributed by atoms with Crippen LogP contribution in [0.2, 0.25) is 0 Å². The highest BCUT2D eigenvalue weighted by Crippen LogP contribution is 2.11. The molecule has 1 heterocycles. The molecule has 0 spiro atoms. The molecule has 2 amide bonds. The zero-order chi connectivity index (χ0) is 16.7. The van der Waals surface area contributed by atoms with Gasteiger partial charge < -0.3 is 5.32 Å². The predicted molar refractivity (Wildman–Crippen MR) is 88.4 cm³/mol. The van der Waals surface area contributed by atoms with Gasteiger partial charge in [-0.25, -0.2) is 10.8 Å². The number of aryl methyl sites for hydroxylation is 2. The molecule has 0 aliphatic carbocycles. The van der Waals surface area contributed by atoms with E-state index in [1.807, 2.05) is 36.4 Å². The lowest BCUT2D eigenvalue weighted by Gasteiger charge is -2.06. The number of hydrogen-bond donors (Lipinski definition) is 3. The van der Waals surface area contributed by atoms with E-state index in [0.717, 1.165) is 29.7 Å². The van der Waals surface area contributed by atoms with E-state index in [4.69, 9.17) is 5.84 Å². The number of rotatable bonds is 6. The number of anilines is 1. The molecule has 2 aromatic rings. The van der Waals surface area contributed by atoms with Crippen molar-refractivity contribution in [3.05, 3.63) is 59.3 Å². The van der Waals surface area contributed by atoms with Gasteiger partial charge in [0.05, 0.1) is 6.42 Å². The van der Waals surface area contributed by atoms with Crippen LogP contribution in [0.1, 0.15) is 23.7 Å². The molecule has 2 rings (SSSR count). The molecule has 0 saturated carbocycles. The van der Waals surface area contributed by atoms with Crippen LogP contribution in [-0.4, -0.2) is 16.8 Å². The number of benzene rings is 1. The number of aromatic nitrogens is 1. The van der Waals surface area contributed by atoms with Crippen LogP contribution in [0.3, 0.4) is 0 Å². The molecule has 120 valence electrons. The summed E-state index contributed by atoms with van der Waals surface area (Å²) < 4.78 is 0. The molecular weight excluding hydrogens is 292 g/mol. The summed E-state index contributed by atoms with van der Waals surface area (Å²) in [5, 5.41) is 2.68. The summed E-state index contributed by atoms with van der Waals surface area (Å²) in [4.78, 5) is 26.7. The van der Waals surface area contributed by atoms with E-state index in [1.165, 1.54) is 6.92 Å². The lowest BCUT2D eigenvalue weighted by atomic mass is 10.0. The van der Waals surface area contributed by atoms with E-state index in [0.29, 0.717) is 5.82 Å². The maximum atomic E-state index is 11.2. The minimum absolute atomic E-state index is 0.133. The summed E-state index contributed by atoms with van der Waals surface area (Å²) >= 11 is 0. The first-order valence-electron chi connectivity index (χ1n) is 7.37. The van der Waals surface area contributed by atoms with Crippen molar-refractivity contribution in [3.8, 4) is 0 Å². The largest absolute Gasteiger partial charge is 0.311 e. The van der Waals surface area contributed by atoms with E-state index in [1.54, 1.807) is 6.07 Å². The first kappa shape index (κ1) is 16.6. The molecule has 4 N–H and O–H groups in total. The monoisotopic (exact) mass is 312 g/mol. The van der Waals surface area contributed by atoms with Gasteiger partial charge in [-0.15, -0.1) is 0 Å². The van der Waals surface area contributed by atoms with Crippen LogP contribution in [0.25, 0.3) is 0 Å². The Kier molecular flexibility index (Phi) is 5.82. The Labute approximate surface area is 135 Å². The maximum Gasteiger partial charge on any atom is 0.238 e. The topological polar surface area (TPSA) is 97.1 Å². The average Bonchev–Trinajstić information content (AvgIpc) is 2.54. The van der Waals surface area contributed by atoms with Crippen LogP contribution in [0, 0.1) is 0 Å². The highest BCUT2D eigenvalue weighted by atomic mass is 16.2. The highest BCUT2D eigenvalue weighted by Gasteiger charge is 2.03. The standard InChI is InChI=1S/C17H20N4O2/c1-12(22)19-16-4-2-3-15(20-16)10-9-13-5-7-14(8-6-13)11-17(23)21-18/h2-8H,9-11,18H2,1H3,(H,21,23)(H,19,20,22). The van der Waals surface area contributed by atoms with Crippen molar-refractivity contribution in [3.63, 3.8) is 0 Å². The SMILES string of the molecule is CC(=O)Nc1cccc(CCc2ccc(CC(=O)NN)cc2)n1. The Bertz CT molecular complexity index is 683. The number of carbonyl (C=O) groups excluding carboxylic acids is 2.